The first-order valence-corrected chi connectivity index (χ1v) is 12.6. The van der Waals surface area contributed by atoms with Crippen molar-refractivity contribution in [2.45, 2.75) is 31.8 Å². The predicted octanol–water partition coefficient (Wildman–Crippen LogP) is 4.59. The molecule has 1 atom stereocenters. The molecule has 5 nitrogen and oxygen atoms in total. The van der Waals surface area contributed by atoms with E-state index in [4.69, 9.17) is 0 Å². The van der Waals surface area contributed by atoms with Crippen LogP contribution in [0.5, 0.6) is 0 Å². The van der Waals surface area contributed by atoms with Crippen LogP contribution in [0.25, 0.3) is 10.8 Å². The summed E-state index contributed by atoms with van der Waals surface area (Å²) < 4.78 is 13.4. The summed E-state index contributed by atoms with van der Waals surface area (Å²) in [4.78, 5) is 30.1. The molecule has 2 aliphatic heterocycles. The van der Waals surface area contributed by atoms with Crippen molar-refractivity contribution in [1.29, 1.82) is 0 Å². The Kier molecular flexibility index (Phi) is 6.74. The van der Waals surface area contributed by atoms with Crippen molar-refractivity contribution in [3.8, 4) is 0 Å². The highest BCUT2D eigenvalue weighted by Gasteiger charge is 2.25. The minimum atomic E-state index is -0.217. The third-order valence-electron chi connectivity index (χ3n) is 6.65. The van der Waals surface area contributed by atoms with Crippen LogP contribution in [0.1, 0.15) is 34.5 Å². The van der Waals surface area contributed by atoms with Crippen molar-refractivity contribution in [2.75, 3.05) is 26.2 Å². The Morgan fingerprint density at radius 2 is 1.85 bits per heavy atom. The molecule has 0 radical (unpaired) electrons. The van der Waals surface area contributed by atoms with Gasteiger partial charge in [-0.1, -0.05) is 29.8 Å². The Hall–Kier alpha value is -3.03. The molecule has 0 aliphatic carbocycles. The van der Waals surface area contributed by atoms with E-state index in [1.165, 1.54) is 23.0 Å². The van der Waals surface area contributed by atoms with Crippen molar-refractivity contribution < 1.29 is 14.0 Å². The molecule has 5 rings (SSSR count). The lowest BCUT2D eigenvalue weighted by Gasteiger charge is -2.28. The molecule has 3 aromatic rings. The van der Waals surface area contributed by atoms with Crippen LogP contribution in [-0.2, 0) is 11.3 Å². The van der Waals surface area contributed by atoms with Crippen molar-refractivity contribution in [1.82, 2.24) is 15.1 Å². The second-order valence-electron chi connectivity index (χ2n) is 9.13. The Bertz CT molecular complexity index is 1210. The number of likely N-dealkylation sites (tertiary alicyclic amines) is 2. The van der Waals surface area contributed by atoms with Gasteiger partial charge < -0.3 is 10.2 Å². The van der Waals surface area contributed by atoms with Gasteiger partial charge in [0.2, 0.25) is 5.91 Å². The second kappa shape index (κ2) is 10.1. The largest absolute Gasteiger partial charge is 0.348 e. The predicted molar refractivity (Wildman–Crippen MR) is 133 cm³/mol. The van der Waals surface area contributed by atoms with Gasteiger partial charge in [0.1, 0.15) is 5.82 Å². The van der Waals surface area contributed by atoms with Crippen molar-refractivity contribution in [3.63, 3.8) is 0 Å². The molecule has 176 valence electrons. The molecule has 2 fully saturated rings. The van der Waals surface area contributed by atoms with E-state index in [-0.39, 0.29) is 23.7 Å². The van der Waals surface area contributed by atoms with Gasteiger partial charge in [0.25, 0.3) is 5.91 Å². The SMILES string of the molecule is O=C(C=C1CCN(C(=O)c2cccs2)CC1)N[C@@H]1CCN(Cc2ccc3cc(F)ccc3c2)C1. The maximum atomic E-state index is 13.4. The highest BCUT2D eigenvalue weighted by molar-refractivity contribution is 7.12. The molecule has 1 aromatic heterocycles. The lowest BCUT2D eigenvalue weighted by Crippen LogP contribution is -2.38. The molecule has 7 heteroatoms. The lowest BCUT2D eigenvalue weighted by atomic mass is 10.0. The van der Waals surface area contributed by atoms with Crippen LogP contribution in [-0.4, -0.2) is 53.8 Å². The topological polar surface area (TPSA) is 52.7 Å². The summed E-state index contributed by atoms with van der Waals surface area (Å²) >= 11 is 1.47. The fourth-order valence-corrected chi connectivity index (χ4v) is 5.53. The monoisotopic (exact) mass is 477 g/mol. The molecule has 2 aromatic carbocycles. The van der Waals surface area contributed by atoms with E-state index in [9.17, 15) is 14.0 Å². The van der Waals surface area contributed by atoms with Gasteiger partial charge in [0.15, 0.2) is 0 Å². The van der Waals surface area contributed by atoms with E-state index in [0.717, 1.165) is 60.1 Å². The van der Waals surface area contributed by atoms with Gasteiger partial charge >= 0.3 is 0 Å². The van der Waals surface area contributed by atoms with Crippen molar-refractivity contribution in [2.24, 2.45) is 0 Å². The molecule has 0 spiro atoms. The molecule has 0 bridgehead atoms. The summed E-state index contributed by atoms with van der Waals surface area (Å²) in [5, 5.41) is 7.02. The van der Waals surface area contributed by atoms with Crippen molar-refractivity contribution >= 4 is 33.9 Å². The molecule has 0 unspecified atom stereocenters. The maximum absolute atomic E-state index is 13.4. The quantitative estimate of drug-likeness (QED) is 0.547. The van der Waals surface area contributed by atoms with E-state index >= 15 is 0 Å². The van der Waals surface area contributed by atoms with E-state index in [2.05, 4.69) is 16.3 Å². The van der Waals surface area contributed by atoms with Crippen LogP contribution in [0.4, 0.5) is 4.39 Å². The van der Waals surface area contributed by atoms with Gasteiger partial charge in [-0.25, -0.2) is 4.39 Å². The highest BCUT2D eigenvalue weighted by atomic mass is 32.1. The van der Waals surface area contributed by atoms with Gasteiger partial charge in [0, 0.05) is 44.8 Å². The summed E-state index contributed by atoms with van der Waals surface area (Å²) in [6.07, 6.45) is 4.15. The number of rotatable bonds is 5. The lowest BCUT2D eigenvalue weighted by molar-refractivity contribution is -0.117. The molecule has 2 amide bonds. The maximum Gasteiger partial charge on any atom is 0.263 e. The van der Waals surface area contributed by atoms with Crippen LogP contribution in [0.2, 0.25) is 0 Å². The number of hydrogen-bond acceptors (Lipinski definition) is 4. The average Bonchev–Trinajstić information content (AvgIpc) is 3.52. The Morgan fingerprint density at radius 3 is 2.65 bits per heavy atom. The van der Waals surface area contributed by atoms with Crippen LogP contribution < -0.4 is 5.32 Å². The van der Waals surface area contributed by atoms with E-state index < -0.39 is 0 Å². The van der Waals surface area contributed by atoms with Gasteiger partial charge in [-0.3, -0.25) is 14.5 Å². The number of carbonyl (C=O) groups excluding carboxylic acids is 2. The molecule has 3 heterocycles. The minimum Gasteiger partial charge on any atom is -0.348 e. The summed E-state index contributed by atoms with van der Waals surface area (Å²) in [6.45, 7) is 3.88. The van der Waals surface area contributed by atoms with Gasteiger partial charge in [0.05, 0.1) is 4.88 Å². The zero-order valence-electron chi connectivity index (χ0n) is 19.0. The van der Waals surface area contributed by atoms with Gasteiger partial charge in [-0.05, 0) is 65.2 Å². The first-order chi connectivity index (χ1) is 16.5. The minimum absolute atomic E-state index is 0.0346. The fraction of sp³-hybridized carbons (Fsp3) is 0.333. The van der Waals surface area contributed by atoms with E-state index in [0.29, 0.717) is 13.1 Å². The smallest absolute Gasteiger partial charge is 0.263 e. The molecular weight excluding hydrogens is 449 g/mol. The molecule has 1 N–H and O–H groups in total. The second-order valence-corrected chi connectivity index (χ2v) is 10.1. The standard InChI is InChI=1S/C27H28FN3O2S/c28-23-6-5-21-14-20(3-4-22(21)16-23)17-30-10-9-24(18-30)29-26(32)15-19-7-11-31(12-8-19)27(33)25-2-1-13-34-25/h1-6,13-16,24H,7-12,17-18H2,(H,29,32)/t24-/m1/s1. The summed E-state index contributed by atoms with van der Waals surface area (Å²) in [5.74, 6) is -0.165. The highest BCUT2D eigenvalue weighted by Crippen LogP contribution is 2.22. The molecular formula is C27H28FN3O2S. The van der Waals surface area contributed by atoms with E-state index in [1.807, 2.05) is 40.6 Å². The summed E-state index contributed by atoms with van der Waals surface area (Å²) in [5.41, 5.74) is 2.30. The van der Waals surface area contributed by atoms with Crippen LogP contribution in [0.15, 0.2) is 65.6 Å². The number of carbonyl (C=O) groups is 2. The number of piperidine rings is 1. The first-order valence-electron chi connectivity index (χ1n) is 11.8. The number of benzene rings is 2. The number of amides is 2. The fourth-order valence-electron chi connectivity index (χ4n) is 4.84. The molecule has 2 saturated heterocycles. The summed E-state index contributed by atoms with van der Waals surface area (Å²) in [7, 11) is 0. The number of thiophene rings is 1. The molecule has 34 heavy (non-hydrogen) atoms. The Balaban J connectivity index is 1.09. The van der Waals surface area contributed by atoms with E-state index in [1.54, 1.807) is 12.1 Å². The number of nitrogens with one attached hydrogen (secondary N) is 1. The zero-order chi connectivity index (χ0) is 23.5. The molecule has 0 saturated carbocycles. The first kappa shape index (κ1) is 22.7. The number of fused-ring (bicyclic) bond motifs is 1. The third-order valence-corrected chi connectivity index (χ3v) is 7.51. The van der Waals surface area contributed by atoms with Gasteiger partial charge in [-0.2, -0.15) is 0 Å². The normalized spacial score (nSPS) is 18.9. The Labute approximate surface area is 202 Å². The van der Waals surface area contributed by atoms with Crippen LogP contribution in [0, 0.1) is 5.82 Å². The number of halogens is 1. The van der Waals surface area contributed by atoms with Crippen LogP contribution in [0.3, 0.4) is 0 Å². The van der Waals surface area contributed by atoms with Gasteiger partial charge in [-0.15, -0.1) is 11.3 Å². The number of nitrogens with zero attached hydrogens (tertiary/aromatic N) is 2. The van der Waals surface area contributed by atoms with Crippen LogP contribution >= 0.6 is 11.3 Å². The zero-order valence-corrected chi connectivity index (χ0v) is 19.8. The molecule has 2 aliphatic rings. The number of hydrogen-bond donors (Lipinski definition) is 1. The average molecular weight is 478 g/mol. The van der Waals surface area contributed by atoms with Crippen molar-refractivity contribution in [3.05, 3.63) is 81.8 Å². The third kappa shape index (κ3) is 5.37. The summed E-state index contributed by atoms with van der Waals surface area (Å²) in [6, 6.07) is 14.9. The Morgan fingerprint density at radius 1 is 1.06 bits per heavy atom.